The van der Waals surface area contributed by atoms with Crippen molar-refractivity contribution in [2.24, 2.45) is 0 Å². The van der Waals surface area contributed by atoms with Crippen LogP contribution in [0.25, 0.3) is 0 Å². The number of nitrogens with zero attached hydrogens (tertiary/aromatic N) is 1. The highest BCUT2D eigenvalue weighted by atomic mass is 35.5. The van der Waals surface area contributed by atoms with Crippen LogP contribution in [0.2, 0.25) is 0 Å². The summed E-state index contributed by atoms with van der Waals surface area (Å²) in [7, 11) is -3.55. The topological polar surface area (TPSA) is 59.1 Å². The van der Waals surface area contributed by atoms with Crippen LogP contribution in [-0.2, 0) is 16.4 Å². The Balaban J connectivity index is 2.19. The molecule has 2 aromatic rings. The molecule has 0 amide bonds. The summed E-state index contributed by atoms with van der Waals surface area (Å²) in [4.78, 5) is 4.10. The van der Waals surface area contributed by atoms with Gasteiger partial charge in [0.15, 0.2) is 5.13 Å². The summed E-state index contributed by atoms with van der Waals surface area (Å²) >= 11 is 6.86. The quantitative estimate of drug-likeness (QED) is 0.864. The zero-order valence-corrected chi connectivity index (χ0v) is 11.7. The molecule has 0 spiro atoms. The predicted octanol–water partition coefficient (Wildman–Crippen LogP) is 2.73. The molecule has 1 aromatic heterocycles. The van der Waals surface area contributed by atoms with Gasteiger partial charge in [0.1, 0.15) is 0 Å². The molecule has 1 heterocycles. The lowest BCUT2D eigenvalue weighted by Gasteiger charge is -2.05. The van der Waals surface area contributed by atoms with E-state index in [1.165, 1.54) is 11.3 Å². The van der Waals surface area contributed by atoms with Crippen LogP contribution >= 0.6 is 22.9 Å². The molecule has 96 valence electrons. The molecule has 0 bridgehead atoms. The van der Waals surface area contributed by atoms with Gasteiger partial charge in [0.05, 0.1) is 4.90 Å². The second-order valence-corrected chi connectivity index (χ2v) is 6.48. The van der Waals surface area contributed by atoms with Crippen molar-refractivity contribution in [3.8, 4) is 0 Å². The summed E-state index contributed by atoms with van der Waals surface area (Å²) < 4.78 is 26.4. The molecule has 0 saturated heterocycles. The number of rotatable bonds is 5. The van der Waals surface area contributed by atoms with Crippen molar-refractivity contribution in [1.29, 1.82) is 0 Å². The van der Waals surface area contributed by atoms with Gasteiger partial charge in [0.2, 0.25) is 0 Å². The molecule has 18 heavy (non-hydrogen) atoms. The highest BCUT2D eigenvalue weighted by Crippen LogP contribution is 2.18. The molecule has 1 aromatic carbocycles. The van der Waals surface area contributed by atoms with Crippen molar-refractivity contribution in [2.75, 3.05) is 10.6 Å². The van der Waals surface area contributed by atoms with E-state index in [9.17, 15) is 8.42 Å². The maximum atomic E-state index is 12.0. The molecule has 0 aliphatic heterocycles. The summed E-state index contributed by atoms with van der Waals surface area (Å²) in [6.07, 6.45) is 2.27. The van der Waals surface area contributed by atoms with E-state index in [1.807, 2.05) is 0 Å². The molecule has 0 aliphatic carbocycles. The summed E-state index contributed by atoms with van der Waals surface area (Å²) in [6.45, 7) is 0. The number of halogens is 1. The molecule has 4 nitrogen and oxygen atoms in total. The summed E-state index contributed by atoms with van der Waals surface area (Å²) in [5, 5.41) is 2.07. The smallest absolute Gasteiger partial charge is 0.255 e. The first-order chi connectivity index (χ1) is 8.62. The average Bonchev–Trinajstić information content (AvgIpc) is 2.82. The Bertz CT molecular complexity index is 594. The summed E-state index contributed by atoms with van der Waals surface area (Å²) in [5.74, 6) is 0.517. The maximum Gasteiger partial charge on any atom is 0.263 e. The van der Waals surface area contributed by atoms with Gasteiger partial charge in [-0.15, -0.1) is 22.9 Å². The molecule has 0 fully saturated rings. The number of alkyl halides is 1. The Morgan fingerprint density at radius 1 is 1.28 bits per heavy atom. The molecule has 0 radical (unpaired) electrons. The van der Waals surface area contributed by atoms with Crippen LogP contribution in [0.4, 0.5) is 5.13 Å². The first-order valence-corrected chi connectivity index (χ1v) is 8.09. The van der Waals surface area contributed by atoms with Crippen LogP contribution in [0.1, 0.15) is 5.56 Å². The lowest BCUT2D eigenvalue weighted by Crippen LogP contribution is -2.12. The Kier molecular flexibility index (Phi) is 4.21. The average molecular weight is 303 g/mol. The van der Waals surface area contributed by atoms with Crippen LogP contribution in [0.5, 0.6) is 0 Å². The number of benzene rings is 1. The summed E-state index contributed by atoms with van der Waals surface area (Å²) in [5.41, 5.74) is 1.01. The van der Waals surface area contributed by atoms with Gasteiger partial charge in [-0.2, -0.15) is 0 Å². The van der Waals surface area contributed by atoms with Gasteiger partial charge in [-0.25, -0.2) is 13.4 Å². The highest BCUT2D eigenvalue weighted by molar-refractivity contribution is 7.93. The van der Waals surface area contributed by atoms with Gasteiger partial charge >= 0.3 is 0 Å². The minimum absolute atomic E-state index is 0.219. The van der Waals surface area contributed by atoms with Gasteiger partial charge in [-0.05, 0) is 24.1 Å². The van der Waals surface area contributed by atoms with Gasteiger partial charge < -0.3 is 0 Å². The first kappa shape index (κ1) is 13.3. The Labute approximate surface area is 115 Å². The lowest BCUT2D eigenvalue weighted by molar-refractivity contribution is 0.601. The first-order valence-electron chi connectivity index (χ1n) is 5.19. The molecule has 0 unspecified atom stereocenters. The number of aromatic nitrogens is 1. The minimum Gasteiger partial charge on any atom is -0.255 e. The van der Waals surface area contributed by atoms with Crippen molar-refractivity contribution in [3.63, 3.8) is 0 Å². The highest BCUT2D eigenvalue weighted by Gasteiger charge is 2.14. The van der Waals surface area contributed by atoms with Crippen molar-refractivity contribution in [1.82, 2.24) is 4.98 Å². The van der Waals surface area contributed by atoms with E-state index in [1.54, 1.807) is 35.8 Å². The lowest BCUT2D eigenvalue weighted by atomic mass is 10.2. The SMILES string of the molecule is O=S(=O)(Nc1nccs1)c1ccc(CCCl)cc1. The summed E-state index contributed by atoms with van der Waals surface area (Å²) in [6, 6.07) is 6.66. The zero-order chi connectivity index (χ0) is 13.0. The van der Waals surface area contributed by atoms with E-state index in [-0.39, 0.29) is 4.90 Å². The standard InChI is InChI=1S/C11H11ClN2O2S2/c12-6-5-9-1-3-10(4-2-9)18(15,16)14-11-13-7-8-17-11/h1-4,7-8H,5-6H2,(H,13,14). The normalized spacial score (nSPS) is 11.4. The molecule has 0 atom stereocenters. The van der Waals surface area contributed by atoms with Crippen LogP contribution in [-0.4, -0.2) is 19.3 Å². The third kappa shape index (κ3) is 3.22. The molecule has 0 aliphatic rings. The Hall–Kier alpha value is -1.11. The second kappa shape index (κ2) is 5.69. The third-order valence-electron chi connectivity index (χ3n) is 2.27. The van der Waals surface area contributed by atoms with Crippen LogP contribution < -0.4 is 4.72 Å². The second-order valence-electron chi connectivity index (χ2n) is 3.53. The van der Waals surface area contributed by atoms with Crippen molar-refractivity contribution >= 4 is 38.1 Å². The number of anilines is 1. The fourth-order valence-electron chi connectivity index (χ4n) is 1.39. The van der Waals surface area contributed by atoms with Crippen molar-refractivity contribution < 1.29 is 8.42 Å². The Morgan fingerprint density at radius 3 is 2.56 bits per heavy atom. The van der Waals surface area contributed by atoms with Crippen LogP contribution in [0.3, 0.4) is 0 Å². The third-order valence-corrected chi connectivity index (χ3v) is 4.63. The van der Waals surface area contributed by atoms with Gasteiger partial charge in [-0.3, -0.25) is 4.72 Å². The fourth-order valence-corrected chi connectivity index (χ4v) is 3.40. The van der Waals surface area contributed by atoms with E-state index in [0.717, 1.165) is 12.0 Å². The van der Waals surface area contributed by atoms with Gasteiger partial charge in [0, 0.05) is 17.5 Å². The monoisotopic (exact) mass is 302 g/mol. The Morgan fingerprint density at radius 2 is 2.00 bits per heavy atom. The predicted molar refractivity (Wildman–Crippen MR) is 73.8 cm³/mol. The number of sulfonamides is 1. The molecule has 2 rings (SSSR count). The molecular formula is C11H11ClN2O2S2. The maximum absolute atomic E-state index is 12.0. The minimum atomic E-state index is -3.55. The number of nitrogens with one attached hydrogen (secondary N) is 1. The van der Waals surface area contributed by atoms with Gasteiger partial charge in [-0.1, -0.05) is 12.1 Å². The zero-order valence-electron chi connectivity index (χ0n) is 9.34. The molecule has 1 N–H and O–H groups in total. The number of hydrogen-bond donors (Lipinski definition) is 1. The number of aryl methyl sites for hydroxylation is 1. The molecule has 7 heteroatoms. The van der Waals surface area contributed by atoms with Gasteiger partial charge in [0.25, 0.3) is 10.0 Å². The van der Waals surface area contributed by atoms with E-state index >= 15 is 0 Å². The number of thiazole rings is 1. The van der Waals surface area contributed by atoms with E-state index in [2.05, 4.69) is 9.71 Å². The van der Waals surface area contributed by atoms with Crippen LogP contribution in [0.15, 0.2) is 40.7 Å². The van der Waals surface area contributed by atoms with Crippen molar-refractivity contribution in [2.45, 2.75) is 11.3 Å². The van der Waals surface area contributed by atoms with E-state index < -0.39 is 10.0 Å². The van der Waals surface area contributed by atoms with E-state index in [4.69, 9.17) is 11.6 Å². The fraction of sp³-hybridized carbons (Fsp3) is 0.182. The van der Waals surface area contributed by atoms with E-state index in [0.29, 0.717) is 11.0 Å². The van der Waals surface area contributed by atoms with Crippen LogP contribution in [0, 0.1) is 0 Å². The number of hydrogen-bond acceptors (Lipinski definition) is 4. The largest absolute Gasteiger partial charge is 0.263 e. The molecular weight excluding hydrogens is 292 g/mol. The molecule has 0 saturated carbocycles. The van der Waals surface area contributed by atoms with Crippen molar-refractivity contribution in [3.05, 3.63) is 41.4 Å².